The lowest BCUT2D eigenvalue weighted by Crippen LogP contribution is -2.45. The van der Waals surface area contributed by atoms with Crippen LogP contribution in [0.1, 0.15) is 373 Å². The van der Waals surface area contributed by atoms with Crippen LogP contribution in [0.25, 0.3) is 0 Å². The maximum Gasteiger partial charge on any atom is 0.220 e. The van der Waals surface area contributed by atoms with Crippen LogP contribution in [0, 0.1) is 0 Å². The highest BCUT2D eigenvalue weighted by Gasteiger charge is 2.18. The molecule has 0 aromatic rings. The second kappa shape index (κ2) is 65.6. The Balaban J connectivity index is 3.46. The van der Waals surface area contributed by atoms with Crippen molar-refractivity contribution in [2.24, 2.45) is 0 Å². The Labute approximate surface area is 464 Å². The predicted molar refractivity (Wildman–Crippen MR) is 331 cm³/mol. The van der Waals surface area contributed by atoms with Crippen molar-refractivity contribution in [2.45, 2.75) is 386 Å². The number of hydrogen-bond donors (Lipinski definition) is 3. The molecular weight excluding hydrogens is 903 g/mol. The number of carbonyl (C=O) groups is 1. The van der Waals surface area contributed by atoms with E-state index in [2.05, 4.69) is 55.6 Å². The van der Waals surface area contributed by atoms with Crippen molar-refractivity contribution in [3.05, 3.63) is 48.6 Å². The summed E-state index contributed by atoms with van der Waals surface area (Å²) in [5.41, 5.74) is 0. The summed E-state index contributed by atoms with van der Waals surface area (Å²) in [5.74, 6) is -0.0669. The van der Waals surface area contributed by atoms with Crippen LogP contribution in [-0.4, -0.2) is 34.9 Å². The van der Waals surface area contributed by atoms with Gasteiger partial charge in [0.1, 0.15) is 0 Å². The second-order valence-electron chi connectivity index (χ2n) is 23.2. The van der Waals surface area contributed by atoms with Crippen molar-refractivity contribution in [2.75, 3.05) is 6.61 Å². The van der Waals surface area contributed by atoms with Gasteiger partial charge in [0.25, 0.3) is 0 Å². The first-order valence-corrected chi connectivity index (χ1v) is 33.9. The lowest BCUT2D eigenvalue weighted by Gasteiger charge is -2.19. The van der Waals surface area contributed by atoms with Gasteiger partial charge in [0.2, 0.25) is 5.91 Å². The zero-order chi connectivity index (χ0) is 53.4. The third kappa shape index (κ3) is 61.2. The van der Waals surface area contributed by atoms with E-state index < -0.39 is 12.1 Å². The van der Waals surface area contributed by atoms with E-state index >= 15 is 0 Å². The van der Waals surface area contributed by atoms with Gasteiger partial charge in [-0.2, -0.15) is 0 Å². The molecule has 1 amide bonds. The van der Waals surface area contributed by atoms with Crippen LogP contribution in [0.2, 0.25) is 0 Å². The summed E-state index contributed by atoms with van der Waals surface area (Å²) in [6, 6.07) is -0.640. The fourth-order valence-electron chi connectivity index (χ4n) is 10.6. The quantitative estimate of drug-likeness (QED) is 0.0420. The molecule has 436 valence electrons. The van der Waals surface area contributed by atoms with Gasteiger partial charge in [0.15, 0.2) is 0 Å². The molecule has 2 unspecified atom stereocenters. The monoisotopic (exact) mass is 1040 g/mol. The first-order chi connectivity index (χ1) is 36.7. The molecule has 0 aromatic heterocycles. The molecule has 0 aliphatic heterocycles. The predicted octanol–water partition coefficient (Wildman–Crippen LogP) is 22.9. The Bertz CT molecular complexity index is 1170. The fourth-order valence-corrected chi connectivity index (χ4v) is 10.6. The molecule has 0 aliphatic rings. The minimum Gasteiger partial charge on any atom is -0.394 e. The molecule has 0 aliphatic carbocycles. The van der Waals surface area contributed by atoms with Gasteiger partial charge >= 0.3 is 0 Å². The summed E-state index contributed by atoms with van der Waals surface area (Å²) in [6.45, 7) is 4.33. The highest BCUT2D eigenvalue weighted by atomic mass is 16.3. The van der Waals surface area contributed by atoms with E-state index in [0.717, 1.165) is 38.5 Å². The van der Waals surface area contributed by atoms with Gasteiger partial charge in [-0.25, -0.2) is 0 Å². The Morgan fingerprint density at radius 2 is 0.568 bits per heavy atom. The molecule has 0 heterocycles. The number of nitrogens with one attached hydrogen (secondary N) is 1. The topological polar surface area (TPSA) is 69.6 Å². The summed E-state index contributed by atoms with van der Waals surface area (Å²) in [7, 11) is 0. The molecule has 0 fully saturated rings. The number of aliphatic hydroxyl groups is 2. The maximum atomic E-state index is 12.5. The summed E-state index contributed by atoms with van der Waals surface area (Å²) in [5, 5.41) is 23.3. The molecule has 0 saturated heterocycles. The standard InChI is InChI=1S/C70H133NO3/c1-3-5-7-9-11-13-15-17-19-21-23-25-27-29-31-33-34-35-36-38-40-42-44-46-48-50-52-54-56-58-60-62-64-66-70(74)71-68(67-72)69(73)65-63-61-59-57-55-53-51-49-47-45-43-41-39-37-32-30-28-26-24-22-20-18-16-14-12-10-8-6-4-2/h15,17,21,23,55,57,63,65,68-69,72-73H,3-14,16,18-20,22,24-54,56,58-62,64,66-67H2,1-2H3,(H,71,74)/b17-15-,23-21-,57-55+,65-63+. The third-order valence-electron chi connectivity index (χ3n) is 15.8. The molecule has 3 N–H and O–H groups in total. The normalized spacial score (nSPS) is 13.0. The van der Waals surface area contributed by atoms with Gasteiger partial charge in [-0.3, -0.25) is 4.79 Å². The smallest absolute Gasteiger partial charge is 0.220 e. The zero-order valence-corrected chi connectivity index (χ0v) is 50.4. The van der Waals surface area contributed by atoms with Crippen molar-refractivity contribution in [1.29, 1.82) is 0 Å². The molecular formula is C70H133NO3. The summed E-state index contributed by atoms with van der Waals surface area (Å²) >= 11 is 0. The number of allylic oxidation sites excluding steroid dienone is 7. The van der Waals surface area contributed by atoms with Crippen molar-refractivity contribution in [1.82, 2.24) is 5.32 Å². The number of carbonyl (C=O) groups excluding carboxylic acids is 1. The van der Waals surface area contributed by atoms with Gasteiger partial charge in [-0.05, 0) is 64.2 Å². The van der Waals surface area contributed by atoms with E-state index in [-0.39, 0.29) is 12.5 Å². The van der Waals surface area contributed by atoms with Crippen LogP contribution in [0.15, 0.2) is 48.6 Å². The molecule has 0 rings (SSSR count). The van der Waals surface area contributed by atoms with Gasteiger partial charge in [-0.1, -0.05) is 351 Å². The number of hydrogen-bond acceptors (Lipinski definition) is 3. The fraction of sp³-hybridized carbons (Fsp3) is 0.871. The van der Waals surface area contributed by atoms with Crippen LogP contribution < -0.4 is 5.32 Å². The lowest BCUT2D eigenvalue weighted by atomic mass is 10.0. The highest BCUT2D eigenvalue weighted by molar-refractivity contribution is 5.76. The van der Waals surface area contributed by atoms with Gasteiger partial charge < -0.3 is 15.5 Å². The first-order valence-electron chi connectivity index (χ1n) is 33.9. The summed E-state index contributed by atoms with van der Waals surface area (Å²) < 4.78 is 0. The van der Waals surface area contributed by atoms with Crippen molar-refractivity contribution in [3.8, 4) is 0 Å². The molecule has 74 heavy (non-hydrogen) atoms. The van der Waals surface area contributed by atoms with Gasteiger partial charge in [-0.15, -0.1) is 0 Å². The average Bonchev–Trinajstić information content (AvgIpc) is 3.40. The first kappa shape index (κ1) is 72.3. The second-order valence-corrected chi connectivity index (χ2v) is 23.2. The van der Waals surface area contributed by atoms with E-state index in [9.17, 15) is 15.0 Å². The molecule has 0 aromatic carbocycles. The summed E-state index contributed by atoms with van der Waals surface area (Å²) in [6.07, 6.45) is 91.9. The molecule has 4 nitrogen and oxygen atoms in total. The molecule has 4 heteroatoms. The van der Waals surface area contributed by atoms with Crippen LogP contribution in [-0.2, 0) is 4.79 Å². The van der Waals surface area contributed by atoms with E-state index in [4.69, 9.17) is 0 Å². The van der Waals surface area contributed by atoms with Gasteiger partial charge in [0, 0.05) is 6.42 Å². The van der Waals surface area contributed by atoms with Crippen molar-refractivity contribution in [3.63, 3.8) is 0 Å². The van der Waals surface area contributed by atoms with E-state index in [0.29, 0.717) is 6.42 Å². The number of amides is 1. The minimum atomic E-state index is -0.863. The Morgan fingerprint density at radius 1 is 0.324 bits per heavy atom. The van der Waals surface area contributed by atoms with Crippen molar-refractivity contribution < 1.29 is 15.0 Å². The molecule has 0 saturated carbocycles. The van der Waals surface area contributed by atoms with Crippen LogP contribution in [0.5, 0.6) is 0 Å². The molecule has 2 atom stereocenters. The largest absolute Gasteiger partial charge is 0.394 e. The zero-order valence-electron chi connectivity index (χ0n) is 50.4. The average molecular weight is 1040 g/mol. The number of unbranched alkanes of at least 4 members (excludes halogenated alkanes) is 50. The van der Waals surface area contributed by atoms with Crippen molar-refractivity contribution >= 4 is 5.91 Å². The molecule has 0 spiro atoms. The van der Waals surface area contributed by atoms with Crippen LogP contribution in [0.4, 0.5) is 0 Å². The Hall–Kier alpha value is -1.65. The Morgan fingerprint density at radius 3 is 0.865 bits per heavy atom. The van der Waals surface area contributed by atoms with Crippen LogP contribution >= 0.6 is 0 Å². The van der Waals surface area contributed by atoms with Crippen LogP contribution in [0.3, 0.4) is 0 Å². The third-order valence-corrected chi connectivity index (χ3v) is 15.8. The summed E-state index contributed by atoms with van der Waals surface area (Å²) in [4.78, 5) is 12.5. The number of rotatable bonds is 63. The van der Waals surface area contributed by atoms with E-state index in [1.807, 2.05) is 6.08 Å². The van der Waals surface area contributed by atoms with Gasteiger partial charge in [0.05, 0.1) is 18.8 Å². The number of aliphatic hydroxyl groups excluding tert-OH is 2. The lowest BCUT2D eigenvalue weighted by molar-refractivity contribution is -0.123. The molecule has 0 radical (unpaired) electrons. The van der Waals surface area contributed by atoms with E-state index in [1.165, 1.54) is 315 Å². The minimum absolute atomic E-state index is 0.0669. The SMILES string of the molecule is CCCCCCC/C=C\C/C=C\CCCCCCCCCCCCCCCCCCCCCCCC(=O)NC(CO)C(O)/C=C/CC/C=C/CCCCCCCCCCCCCCCCCCCCCCCCC. The van der Waals surface area contributed by atoms with E-state index in [1.54, 1.807) is 6.08 Å². The molecule has 0 bridgehead atoms. The maximum absolute atomic E-state index is 12.5. The Kier molecular flexibility index (Phi) is 64.2. The highest BCUT2D eigenvalue weighted by Crippen LogP contribution is 2.18.